The number of likely N-dealkylation sites (tertiary alicyclic amines) is 1. The van der Waals surface area contributed by atoms with Crippen LogP contribution in [-0.2, 0) is 16.1 Å². The van der Waals surface area contributed by atoms with Gasteiger partial charge in [0.15, 0.2) is 0 Å². The predicted octanol–water partition coefficient (Wildman–Crippen LogP) is 5.24. The minimum atomic E-state index is -1.16. The number of Topliss-reactive ketones (excluding diaryl/α,β-unsaturated/α-hetero) is 1. The van der Waals surface area contributed by atoms with E-state index >= 15 is 0 Å². The minimum Gasteiger partial charge on any atom is -0.507 e. The summed E-state index contributed by atoms with van der Waals surface area (Å²) in [5, 5.41) is 11.3. The van der Waals surface area contributed by atoms with Gasteiger partial charge in [-0.2, -0.15) is 0 Å². The molecule has 1 unspecified atom stereocenters. The lowest BCUT2D eigenvalue weighted by molar-refractivity contribution is -0.140. The molecule has 0 spiro atoms. The highest BCUT2D eigenvalue weighted by Gasteiger charge is 2.46. The first-order valence-electron chi connectivity index (χ1n) is 9.40. The molecule has 4 rings (SSSR count). The van der Waals surface area contributed by atoms with Crippen LogP contribution in [0, 0.1) is 11.6 Å². The third kappa shape index (κ3) is 3.94. The van der Waals surface area contributed by atoms with Gasteiger partial charge in [-0.05, 0) is 35.9 Å². The van der Waals surface area contributed by atoms with E-state index in [0.29, 0.717) is 10.6 Å². The van der Waals surface area contributed by atoms with Gasteiger partial charge in [0.25, 0.3) is 11.7 Å². The fraction of sp³-hybridized carbons (Fsp3) is 0.0833. The van der Waals surface area contributed by atoms with Crippen molar-refractivity contribution in [2.24, 2.45) is 0 Å². The number of halogens is 3. The van der Waals surface area contributed by atoms with Crippen LogP contribution in [0.4, 0.5) is 8.78 Å². The van der Waals surface area contributed by atoms with Crippen molar-refractivity contribution in [1.82, 2.24) is 4.90 Å². The van der Waals surface area contributed by atoms with Crippen LogP contribution < -0.4 is 0 Å². The summed E-state index contributed by atoms with van der Waals surface area (Å²) < 4.78 is 28.0. The summed E-state index contributed by atoms with van der Waals surface area (Å²) in [6, 6.07) is 16.2. The molecule has 7 heteroatoms. The van der Waals surface area contributed by atoms with Gasteiger partial charge in [0, 0.05) is 22.7 Å². The summed E-state index contributed by atoms with van der Waals surface area (Å²) >= 11 is 6.00. The molecular weight excluding hydrogens is 424 g/mol. The first-order valence-corrected chi connectivity index (χ1v) is 9.78. The molecule has 1 heterocycles. The largest absolute Gasteiger partial charge is 0.507 e. The van der Waals surface area contributed by atoms with Gasteiger partial charge < -0.3 is 10.0 Å². The quantitative estimate of drug-likeness (QED) is 0.343. The van der Waals surface area contributed by atoms with Gasteiger partial charge in [0.2, 0.25) is 0 Å². The summed E-state index contributed by atoms with van der Waals surface area (Å²) in [5.41, 5.74) is 0.605. The van der Waals surface area contributed by atoms with Crippen molar-refractivity contribution >= 4 is 29.1 Å². The molecule has 1 atom stereocenters. The molecule has 1 aliphatic rings. The maximum atomic E-state index is 14.7. The summed E-state index contributed by atoms with van der Waals surface area (Å²) in [4.78, 5) is 27.0. The van der Waals surface area contributed by atoms with Gasteiger partial charge in [-0.1, -0.05) is 54.1 Å². The van der Waals surface area contributed by atoms with Gasteiger partial charge in [-0.3, -0.25) is 9.59 Å². The molecule has 3 aromatic rings. The lowest BCUT2D eigenvalue weighted by Crippen LogP contribution is -2.29. The van der Waals surface area contributed by atoms with E-state index in [1.54, 1.807) is 18.2 Å². The number of ketones is 1. The summed E-state index contributed by atoms with van der Waals surface area (Å²) in [7, 11) is 0. The Morgan fingerprint density at radius 2 is 1.68 bits per heavy atom. The number of nitrogens with zero attached hydrogens (tertiary/aromatic N) is 1. The van der Waals surface area contributed by atoms with Crippen molar-refractivity contribution in [2.75, 3.05) is 0 Å². The second-order valence-electron chi connectivity index (χ2n) is 7.09. The van der Waals surface area contributed by atoms with Crippen LogP contribution in [0.3, 0.4) is 0 Å². The average Bonchev–Trinajstić information content (AvgIpc) is 3.00. The molecule has 0 radical (unpaired) electrons. The second-order valence-corrected chi connectivity index (χ2v) is 7.52. The molecule has 1 saturated heterocycles. The zero-order chi connectivity index (χ0) is 22.1. The third-order valence-electron chi connectivity index (χ3n) is 5.10. The Labute approximate surface area is 182 Å². The maximum Gasteiger partial charge on any atom is 0.295 e. The molecule has 1 aliphatic heterocycles. The molecule has 156 valence electrons. The van der Waals surface area contributed by atoms with E-state index < -0.39 is 35.1 Å². The first-order chi connectivity index (χ1) is 14.9. The van der Waals surface area contributed by atoms with E-state index in [1.165, 1.54) is 59.5 Å². The van der Waals surface area contributed by atoms with Gasteiger partial charge in [-0.15, -0.1) is 0 Å². The molecular formula is C24H16ClF2NO3. The highest BCUT2D eigenvalue weighted by Crippen LogP contribution is 2.41. The highest BCUT2D eigenvalue weighted by atomic mass is 35.5. The molecule has 1 fully saturated rings. The first kappa shape index (κ1) is 20.8. The molecule has 1 amide bonds. The van der Waals surface area contributed by atoms with Crippen LogP contribution in [0.5, 0.6) is 0 Å². The van der Waals surface area contributed by atoms with E-state index in [4.69, 9.17) is 11.6 Å². The minimum absolute atomic E-state index is 0.0624. The van der Waals surface area contributed by atoms with Crippen molar-refractivity contribution in [1.29, 1.82) is 0 Å². The van der Waals surface area contributed by atoms with Crippen LogP contribution in [-0.4, -0.2) is 21.7 Å². The van der Waals surface area contributed by atoms with Gasteiger partial charge in [-0.25, -0.2) is 8.78 Å². The Bertz CT molecular complexity index is 1210. The molecule has 0 aliphatic carbocycles. The Balaban J connectivity index is 1.88. The van der Waals surface area contributed by atoms with E-state index in [-0.39, 0.29) is 23.2 Å². The molecule has 0 aromatic heterocycles. The Morgan fingerprint density at radius 1 is 0.968 bits per heavy atom. The van der Waals surface area contributed by atoms with Crippen molar-refractivity contribution in [3.05, 3.63) is 112 Å². The SMILES string of the molecule is O=C1C(=O)N(Cc2ccc(F)cc2)C(c2ccccc2F)/C1=C(/O)c1cccc(Cl)c1. The summed E-state index contributed by atoms with van der Waals surface area (Å²) in [6.45, 7) is -0.0732. The zero-order valence-electron chi connectivity index (χ0n) is 16.1. The number of carbonyl (C=O) groups is 2. The summed E-state index contributed by atoms with van der Waals surface area (Å²) in [6.07, 6.45) is 0. The molecule has 3 aromatic carbocycles. The van der Waals surface area contributed by atoms with Crippen molar-refractivity contribution in [3.63, 3.8) is 0 Å². The number of amides is 1. The topological polar surface area (TPSA) is 57.6 Å². The number of hydrogen-bond donors (Lipinski definition) is 1. The predicted molar refractivity (Wildman–Crippen MR) is 112 cm³/mol. The molecule has 1 N–H and O–H groups in total. The number of benzene rings is 3. The van der Waals surface area contributed by atoms with Crippen LogP contribution >= 0.6 is 11.6 Å². The highest BCUT2D eigenvalue weighted by molar-refractivity contribution is 6.46. The number of aliphatic hydroxyl groups excluding tert-OH is 1. The summed E-state index contributed by atoms with van der Waals surface area (Å²) in [5.74, 6) is -3.35. The van der Waals surface area contributed by atoms with E-state index in [0.717, 1.165) is 0 Å². The monoisotopic (exact) mass is 439 g/mol. The van der Waals surface area contributed by atoms with E-state index in [2.05, 4.69) is 0 Å². The number of aliphatic hydroxyl groups is 1. The van der Waals surface area contributed by atoms with Gasteiger partial charge >= 0.3 is 0 Å². The maximum absolute atomic E-state index is 14.7. The Hall–Kier alpha value is -3.51. The smallest absolute Gasteiger partial charge is 0.295 e. The Kier molecular flexibility index (Phi) is 5.57. The second kappa shape index (κ2) is 8.32. The van der Waals surface area contributed by atoms with Crippen LogP contribution in [0.25, 0.3) is 5.76 Å². The fourth-order valence-corrected chi connectivity index (χ4v) is 3.83. The lowest BCUT2D eigenvalue weighted by atomic mass is 9.95. The molecule has 0 saturated carbocycles. The van der Waals surface area contributed by atoms with Crippen LogP contribution in [0.2, 0.25) is 5.02 Å². The number of carbonyl (C=O) groups excluding carboxylic acids is 2. The zero-order valence-corrected chi connectivity index (χ0v) is 16.8. The molecule has 0 bridgehead atoms. The van der Waals surface area contributed by atoms with Crippen molar-refractivity contribution in [2.45, 2.75) is 12.6 Å². The average molecular weight is 440 g/mol. The molecule has 4 nitrogen and oxygen atoms in total. The van der Waals surface area contributed by atoms with Crippen molar-refractivity contribution < 1.29 is 23.5 Å². The van der Waals surface area contributed by atoms with Crippen LogP contribution in [0.15, 0.2) is 78.4 Å². The lowest BCUT2D eigenvalue weighted by Gasteiger charge is -2.25. The number of rotatable bonds is 4. The van der Waals surface area contributed by atoms with Gasteiger partial charge in [0.1, 0.15) is 17.4 Å². The molecule has 31 heavy (non-hydrogen) atoms. The van der Waals surface area contributed by atoms with Gasteiger partial charge in [0.05, 0.1) is 11.6 Å². The van der Waals surface area contributed by atoms with Crippen LogP contribution in [0.1, 0.15) is 22.7 Å². The normalized spacial score (nSPS) is 17.9. The van der Waals surface area contributed by atoms with E-state index in [9.17, 15) is 23.5 Å². The number of hydrogen-bond acceptors (Lipinski definition) is 3. The Morgan fingerprint density at radius 3 is 2.35 bits per heavy atom. The fourth-order valence-electron chi connectivity index (χ4n) is 3.64. The van der Waals surface area contributed by atoms with Crippen molar-refractivity contribution in [3.8, 4) is 0 Å². The standard InChI is InChI=1S/C24H16ClF2NO3/c25-16-5-3-4-15(12-16)22(29)20-21(18-6-1-2-7-19(18)27)28(24(31)23(20)30)13-14-8-10-17(26)11-9-14/h1-12,21,29H,13H2/b22-20-. The third-order valence-corrected chi connectivity index (χ3v) is 5.34. The van der Waals surface area contributed by atoms with E-state index in [1.807, 2.05) is 0 Å².